The third-order valence-electron chi connectivity index (χ3n) is 2.96. The molecule has 0 fully saturated rings. The Balaban J connectivity index is 2.12. The monoisotopic (exact) mass is 362 g/mol. The summed E-state index contributed by atoms with van der Waals surface area (Å²) < 4.78 is 38.3. The van der Waals surface area contributed by atoms with E-state index in [1.807, 2.05) is 0 Å². The molecule has 0 aromatic heterocycles. The first-order valence-electron chi connectivity index (χ1n) is 6.38. The van der Waals surface area contributed by atoms with Crippen molar-refractivity contribution in [3.63, 3.8) is 0 Å². The minimum absolute atomic E-state index is 0.0302. The van der Waals surface area contributed by atoms with Gasteiger partial charge in [-0.1, -0.05) is 29.3 Å². The standard InChI is InChI=1S/C15H11Cl2F3N2O/c1-8-2-3-10(7-13(8)17)22-14(23)21-9-4-5-12(16)11(6-9)15(18,19)20/h2-7H,1H3,(H2,21,22,23). The number of carbonyl (C=O) groups excluding carboxylic acids is 1. The largest absolute Gasteiger partial charge is 0.417 e. The Hall–Kier alpha value is -1.92. The fourth-order valence-electron chi connectivity index (χ4n) is 1.78. The number of alkyl halides is 3. The Morgan fingerprint density at radius 2 is 1.52 bits per heavy atom. The maximum Gasteiger partial charge on any atom is 0.417 e. The normalized spacial score (nSPS) is 11.2. The average Bonchev–Trinajstić information content (AvgIpc) is 2.44. The number of carbonyl (C=O) groups is 1. The topological polar surface area (TPSA) is 41.1 Å². The van der Waals surface area contributed by atoms with Crippen molar-refractivity contribution < 1.29 is 18.0 Å². The van der Waals surface area contributed by atoms with E-state index in [2.05, 4.69) is 10.6 Å². The Labute approximate surface area is 140 Å². The quantitative estimate of drug-likeness (QED) is 0.679. The van der Waals surface area contributed by atoms with E-state index in [0.717, 1.165) is 17.7 Å². The lowest BCUT2D eigenvalue weighted by atomic mass is 10.2. The minimum atomic E-state index is -4.60. The van der Waals surface area contributed by atoms with Crippen LogP contribution in [0, 0.1) is 6.92 Å². The number of hydrogen-bond acceptors (Lipinski definition) is 1. The molecular formula is C15H11Cl2F3N2O. The van der Waals surface area contributed by atoms with Crippen molar-refractivity contribution >= 4 is 40.6 Å². The van der Waals surface area contributed by atoms with Gasteiger partial charge < -0.3 is 10.6 Å². The molecule has 2 aromatic rings. The molecule has 3 nitrogen and oxygen atoms in total. The highest BCUT2D eigenvalue weighted by Crippen LogP contribution is 2.36. The molecule has 0 unspecified atom stereocenters. The first-order valence-corrected chi connectivity index (χ1v) is 7.13. The zero-order valence-corrected chi connectivity index (χ0v) is 13.3. The molecule has 2 N–H and O–H groups in total. The first-order chi connectivity index (χ1) is 10.7. The molecular weight excluding hydrogens is 352 g/mol. The number of anilines is 2. The van der Waals surface area contributed by atoms with Crippen LogP contribution in [0.2, 0.25) is 10.0 Å². The van der Waals surface area contributed by atoms with Crippen LogP contribution in [0.1, 0.15) is 11.1 Å². The number of hydrogen-bond donors (Lipinski definition) is 2. The highest BCUT2D eigenvalue weighted by atomic mass is 35.5. The maximum atomic E-state index is 12.8. The lowest BCUT2D eigenvalue weighted by Gasteiger charge is -2.12. The van der Waals surface area contributed by atoms with E-state index >= 15 is 0 Å². The van der Waals surface area contributed by atoms with Crippen LogP contribution in [0.5, 0.6) is 0 Å². The van der Waals surface area contributed by atoms with E-state index in [1.54, 1.807) is 25.1 Å². The Bertz CT molecular complexity index is 748. The molecule has 0 radical (unpaired) electrons. The molecule has 2 amide bonds. The third-order valence-corrected chi connectivity index (χ3v) is 3.70. The summed E-state index contributed by atoms with van der Waals surface area (Å²) in [4.78, 5) is 11.8. The molecule has 0 aliphatic heterocycles. The lowest BCUT2D eigenvalue weighted by Crippen LogP contribution is -2.20. The molecule has 0 aliphatic carbocycles. The van der Waals surface area contributed by atoms with E-state index in [-0.39, 0.29) is 5.69 Å². The van der Waals surface area contributed by atoms with Gasteiger partial charge in [-0.15, -0.1) is 0 Å². The molecule has 0 saturated carbocycles. The van der Waals surface area contributed by atoms with Crippen LogP contribution in [0.25, 0.3) is 0 Å². The second kappa shape index (κ2) is 6.68. The van der Waals surface area contributed by atoms with Gasteiger partial charge in [0.1, 0.15) is 0 Å². The molecule has 0 bridgehead atoms. The number of halogens is 5. The van der Waals surface area contributed by atoms with E-state index in [9.17, 15) is 18.0 Å². The van der Waals surface area contributed by atoms with Gasteiger partial charge in [-0.2, -0.15) is 13.2 Å². The molecule has 0 atom stereocenters. The second-order valence-corrected chi connectivity index (χ2v) is 5.55. The lowest BCUT2D eigenvalue weighted by molar-refractivity contribution is -0.137. The number of amides is 2. The smallest absolute Gasteiger partial charge is 0.308 e. The summed E-state index contributed by atoms with van der Waals surface area (Å²) >= 11 is 11.5. The van der Waals surface area contributed by atoms with Gasteiger partial charge in [0.25, 0.3) is 0 Å². The van der Waals surface area contributed by atoms with Crippen molar-refractivity contribution in [2.75, 3.05) is 10.6 Å². The third kappa shape index (κ3) is 4.53. The van der Waals surface area contributed by atoms with Crippen molar-refractivity contribution in [3.8, 4) is 0 Å². The van der Waals surface area contributed by atoms with Gasteiger partial charge in [0, 0.05) is 16.4 Å². The van der Waals surface area contributed by atoms with Crippen LogP contribution in [0.4, 0.5) is 29.3 Å². The SMILES string of the molecule is Cc1ccc(NC(=O)Nc2ccc(Cl)c(C(F)(F)F)c2)cc1Cl. The van der Waals surface area contributed by atoms with E-state index < -0.39 is 22.8 Å². The van der Waals surface area contributed by atoms with E-state index in [0.29, 0.717) is 10.7 Å². The predicted molar refractivity (Wildman–Crippen MR) is 85.3 cm³/mol. The summed E-state index contributed by atoms with van der Waals surface area (Å²) in [6, 6.07) is 7.30. The summed E-state index contributed by atoms with van der Waals surface area (Å²) in [6.07, 6.45) is -4.60. The summed E-state index contributed by atoms with van der Waals surface area (Å²) in [6.45, 7) is 1.80. The summed E-state index contributed by atoms with van der Waals surface area (Å²) in [7, 11) is 0. The molecule has 0 heterocycles. The molecule has 122 valence electrons. The average molecular weight is 363 g/mol. The van der Waals surface area contributed by atoms with Gasteiger partial charge in [0.05, 0.1) is 10.6 Å². The first kappa shape index (κ1) is 17.4. The zero-order chi connectivity index (χ0) is 17.2. The summed E-state index contributed by atoms with van der Waals surface area (Å²) in [5.74, 6) is 0. The van der Waals surface area contributed by atoms with Crippen molar-refractivity contribution in [3.05, 3.63) is 57.6 Å². The van der Waals surface area contributed by atoms with E-state index in [1.165, 1.54) is 6.07 Å². The van der Waals surface area contributed by atoms with Gasteiger partial charge >= 0.3 is 12.2 Å². The van der Waals surface area contributed by atoms with Crippen LogP contribution >= 0.6 is 23.2 Å². The van der Waals surface area contributed by atoms with Gasteiger partial charge in [-0.25, -0.2) is 4.79 Å². The molecule has 2 aromatic carbocycles. The van der Waals surface area contributed by atoms with Gasteiger partial charge in [0.15, 0.2) is 0 Å². The Morgan fingerprint density at radius 3 is 2.09 bits per heavy atom. The summed E-state index contributed by atoms with van der Waals surface area (Å²) in [5, 5.41) is 4.82. The van der Waals surface area contributed by atoms with Gasteiger partial charge in [-0.3, -0.25) is 0 Å². The number of aryl methyl sites for hydroxylation is 1. The molecule has 2 rings (SSSR count). The molecule has 0 aliphatic rings. The molecule has 8 heteroatoms. The molecule has 23 heavy (non-hydrogen) atoms. The maximum absolute atomic E-state index is 12.8. The highest BCUT2D eigenvalue weighted by Gasteiger charge is 2.33. The fraction of sp³-hybridized carbons (Fsp3) is 0.133. The van der Waals surface area contributed by atoms with E-state index in [4.69, 9.17) is 23.2 Å². The summed E-state index contributed by atoms with van der Waals surface area (Å²) in [5.41, 5.74) is 0.209. The van der Waals surface area contributed by atoms with Gasteiger partial charge in [-0.05, 0) is 42.8 Å². The minimum Gasteiger partial charge on any atom is -0.308 e. The Kier molecular flexibility index (Phi) is 5.06. The number of nitrogens with one attached hydrogen (secondary N) is 2. The highest BCUT2D eigenvalue weighted by molar-refractivity contribution is 6.32. The number of benzene rings is 2. The van der Waals surface area contributed by atoms with Crippen molar-refractivity contribution in [2.45, 2.75) is 13.1 Å². The van der Waals surface area contributed by atoms with Crippen LogP contribution in [0.3, 0.4) is 0 Å². The molecule has 0 spiro atoms. The van der Waals surface area contributed by atoms with Crippen LogP contribution in [-0.2, 0) is 6.18 Å². The van der Waals surface area contributed by atoms with Crippen molar-refractivity contribution in [1.29, 1.82) is 0 Å². The van der Waals surface area contributed by atoms with Crippen molar-refractivity contribution in [1.82, 2.24) is 0 Å². The van der Waals surface area contributed by atoms with Crippen molar-refractivity contribution in [2.24, 2.45) is 0 Å². The Morgan fingerprint density at radius 1 is 0.957 bits per heavy atom. The van der Waals surface area contributed by atoms with Crippen LogP contribution in [0.15, 0.2) is 36.4 Å². The van der Waals surface area contributed by atoms with Crippen LogP contribution < -0.4 is 10.6 Å². The predicted octanol–water partition coefficient (Wildman–Crippen LogP) is 5.96. The fourth-order valence-corrected chi connectivity index (χ4v) is 2.19. The zero-order valence-electron chi connectivity index (χ0n) is 11.8. The number of rotatable bonds is 2. The molecule has 0 saturated heterocycles. The second-order valence-electron chi connectivity index (χ2n) is 4.74. The van der Waals surface area contributed by atoms with Gasteiger partial charge in [0.2, 0.25) is 0 Å². The van der Waals surface area contributed by atoms with Crippen LogP contribution in [-0.4, -0.2) is 6.03 Å². The number of urea groups is 1.